The normalized spacial score (nSPS) is 25.4. The van der Waals surface area contributed by atoms with Gasteiger partial charge >= 0.3 is 0 Å². The number of allylic oxidation sites excluding steroid dienone is 1. The number of β-amino-alcohol motifs (C(OH)–C–C–N with tert-alkyl or cyclic N) is 1. The van der Waals surface area contributed by atoms with Crippen molar-refractivity contribution < 1.29 is 28.6 Å². The highest BCUT2D eigenvalue weighted by Crippen LogP contribution is 2.51. The number of aliphatic hydroxyl groups excluding tert-OH is 1. The highest BCUT2D eigenvalue weighted by atomic mass is 19.1. The second-order valence-electron chi connectivity index (χ2n) is 11.3. The number of amides is 3. The van der Waals surface area contributed by atoms with Crippen molar-refractivity contribution in [3.05, 3.63) is 83.3 Å². The van der Waals surface area contributed by atoms with Crippen molar-refractivity contribution in [3.8, 4) is 0 Å². The first kappa shape index (κ1) is 28.0. The van der Waals surface area contributed by atoms with Gasteiger partial charge in [-0.15, -0.1) is 0 Å². The van der Waals surface area contributed by atoms with Gasteiger partial charge in [-0.05, 0) is 60.1 Å². The Balaban J connectivity index is 1.07. The van der Waals surface area contributed by atoms with E-state index in [2.05, 4.69) is 27.8 Å². The van der Waals surface area contributed by atoms with Gasteiger partial charge in [-0.2, -0.15) is 0 Å². The first-order chi connectivity index (χ1) is 20.3. The van der Waals surface area contributed by atoms with Crippen molar-refractivity contribution in [2.24, 2.45) is 17.8 Å². The van der Waals surface area contributed by atoms with E-state index in [1.807, 2.05) is 31.2 Å². The smallest absolute Gasteiger partial charge is 0.270 e. The van der Waals surface area contributed by atoms with Gasteiger partial charge in [-0.25, -0.2) is 9.37 Å². The lowest BCUT2D eigenvalue weighted by atomic mass is 10.00. The third-order valence-corrected chi connectivity index (χ3v) is 8.52. The Labute approximate surface area is 242 Å². The predicted molar refractivity (Wildman–Crippen MR) is 153 cm³/mol. The standard InChI is InChI=1S/C32H33FN4O5/c1-18(23-5-3-2-4-19(23)6-9-24-25-16-42-17-26(24)25)35-32(41)29-13-22(38)15-37(29)30(39)14-34-31(40)28-10-7-20-12-21(33)8-11-27(20)36-28/h2-12,18,22,24-26,29,38H,13-17H2,1H3,(H,34,40)(H,35,41)/b9-6+/t18-,22+,24?,25-,26+,29-/m0/s1. The molecule has 0 spiro atoms. The molecular formula is C32H33FN4O5. The van der Waals surface area contributed by atoms with Crippen LogP contribution in [-0.4, -0.2) is 71.2 Å². The van der Waals surface area contributed by atoms with E-state index in [1.165, 1.54) is 29.2 Å². The molecule has 2 aliphatic heterocycles. The summed E-state index contributed by atoms with van der Waals surface area (Å²) in [5, 5.41) is 16.4. The third-order valence-electron chi connectivity index (χ3n) is 8.52. The minimum atomic E-state index is -0.867. The third kappa shape index (κ3) is 5.77. The van der Waals surface area contributed by atoms with Gasteiger partial charge in [0.2, 0.25) is 11.8 Å². The van der Waals surface area contributed by atoms with Crippen molar-refractivity contribution in [2.75, 3.05) is 26.3 Å². The molecule has 6 rings (SSSR count). The van der Waals surface area contributed by atoms with Crippen molar-refractivity contribution in [1.29, 1.82) is 0 Å². The van der Waals surface area contributed by atoms with E-state index in [0.29, 0.717) is 28.7 Å². The maximum absolute atomic E-state index is 13.4. The highest BCUT2D eigenvalue weighted by Gasteiger charge is 2.52. The number of fused-ring (bicyclic) bond motifs is 2. The van der Waals surface area contributed by atoms with Gasteiger partial charge in [0, 0.05) is 18.4 Å². The largest absolute Gasteiger partial charge is 0.391 e. The summed E-state index contributed by atoms with van der Waals surface area (Å²) in [5.41, 5.74) is 2.51. The van der Waals surface area contributed by atoms with Crippen molar-refractivity contribution >= 4 is 34.7 Å². The van der Waals surface area contributed by atoms with E-state index in [4.69, 9.17) is 4.74 Å². The molecule has 3 amide bonds. The second-order valence-corrected chi connectivity index (χ2v) is 11.3. The summed E-state index contributed by atoms with van der Waals surface area (Å²) in [4.78, 5) is 44.7. The van der Waals surface area contributed by atoms with Crippen LogP contribution in [0.25, 0.3) is 17.0 Å². The molecule has 3 heterocycles. The fraction of sp³-hybridized carbons (Fsp3) is 0.375. The lowest BCUT2D eigenvalue weighted by Gasteiger charge is -2.26. The molecule has 1 aliphatic carbocycles. The number of rotatable bonds is 8. The number of hydrogen-bond donors (Lipinski definition) is 3. The maximum atomic E-state index is 13.4. The van der Waals surface area contributed by atoms with E-state index in [9.17, 15) is 23.9 Å². The van der Waals surface area contributed by atoms with Gasteiger partial charge in [0.25, 0.3) is 5.91 Å². The van der Waals surface area contributed by atoms with Crippen LogP contribution in [-0.2, 0) is 14.3 Å². The number of carbonyl (C=O) groups excluding carboxylic acids is 3. The van der Waals surface area contributed by atoms with Gasteiger partial charge in [-0.1, -0.05) is 42.5 Å². The molecule has 9 nitrogen and oxygen atoms in total. The van der Waals surface area contributed by atoms with Crippen LogP contribution in [0.5, 0.6) is 0 Å². The Morgan fingerprint density at radius 3 is 2.74 bits per heavy atom. The molecule has 1 saturated carbocycles. The topological polar surface area (TPSA) is 121 Å². The second kappa shape index (κ2) is 11.6. The highest BCUT2D eigenvalue weighted by molar-refractivity contribution is 5.97. The van der Waals surface area contributed by atoms with Gasteiger partial charge < -0.3 is 25.4 Å². The van der Waals surface area contributed by atoms with Crippen LogP contribution in [0.2, 0.25) is 0 Å². The average Bonchev–Trinajstić information content (AvgIpc) is 3.28. The zero-order valence-electron chi connectivity index (χ0n) is 23.2. The van der Waals surface area contributed by atoms with Gasteiger partial charge in [0.1, 0.15) is 17.6 Å². The number of pyridine rings is 1. The van der Waals surface area contributed by atoms with Crippen LogP contribution < -0.4 is 10.6 Å². The number of hydrogen-bond acceptors (Lipinski definition) is 6. The SMILES string of the molecule is C[C@H](NC(=O)[C@@H]1C[C@@H](O)CN1C(=O)CNC(=O)c1ccc2cc(F)ccc2n1)c1ccccc1/C=C/C1[C@H]2COC[C@@H]12. The molecule has 1 aromatic heterocycles. The molecule has 6 atom stereocenters. The van der Waals surface area contributed by atoms with Crippen LogP contribution in [0.1, 0.15) is 41.0 Å². The summed E-state index contributed by atoms with van der Waals surface area (Å²) in [7, 11) is 0. The molecule has 10 heteroatoms. The lowest BCUT2D eigenvalue weighted by molar-refractivity contribution is -0.138. The first-order valence-corrected chi connectivity index (χ1v) is 14.3. The summed E-state index contributed by atoms with van der Waals surface area (Å²) in [6.07, 6.45) is 3.60. The lowest BCUT2D eigenvalue weighted by Crippen LogP contribution is -2.49. The zero-order chi connectivity index (χ0) is 29.4. The Bertz CT molecular complexity index is 1550. The van der Waals surface area contributed by atoms with Crippen LogP contribution >= 0.6 is 0 Å². The van der Waals surface area contributed by atoms with Crippen LogP contribution in [0, 0.1) is 23.6 Å². The zero-order valence-corrected chi connectivity index (χ0v) is 23.2. The molecule has 218 valence electrons. The number of nitrogens with one attached hydrogen (secondary N) is 2. The van der Waals surface area contributed by atoms with Gasteiger partial charge in [0.15, 0.2) is 0 Å². The number of aliphatic hydroxyl groups is 1. The van der Waals surface area contributed by atoms with Gasteiger partial charge in [-0.3, -0.25) is 14.4 Å². The van der Waals surface area contributed by atoms with Crippen LogP contribution in [0.15, 0.2) is 60.7 Å². The number of likely N-dealkylation sites (tertiary alicyclic amines) is 1. The Morgan fingerprint density at radius 1 is 1.14 bits per heavy atom. The number of aromatic nitrogens is 1. The van der Waals surface area contributed by atoms with Crippen LogP contribution in [0.3, 0.4) is 0 Å². The molecule has 3 aliphatic rings. The van der Waals surface area contributed by atoms with Crippen LogP contribution in [0.4, 0.5) is 4.39 Å². The summed E-state index contributed by atoms with van der Waals surface area (Å²) in [6.45, 7) is 3.17. The molecule has 42 heavy (non-hydrogen) atoms. The summed E-state index contributed by atoms with van der Waals surface area (Å²) in [6, 6.07) is 13.8. The number of carbonyl (C=O) groups is 3. The molecule has 2 saturated heterocycles. The molecule has 3 N–H and O–H groups in total. The minimum Gasteiger partial charge on any atom is -0.391 e. The van der Waals surface area contributed by atoms with E-state index in [0.717, 1.165) is 24.3 Å². The summed E-state index contributed by atoms with van der Waals surface area (Å²) < 4.78 is 18.9. The Morgan fingerprint density at radius 2 is 1.93 bits per heavy atom. The number of benzene rings is 2. The number of nitrogens with zero attached hydrogens (tertiary/aromatic N) is 2. The quantitative estimate of drug-likeness (QED) is 0.382. The first-order valence-electron chi connectivity index (χ1n) is 14.3. The van der Waals surface area contributed by atoms with Gasteiger partial charge in [0.05, 0.1) is 37.4 Å². The maximum Gasteiger partial charge on any atom is 0.270 e. The fourth-order valence-electron chi connectivity index (χ4n) is 6.14. The van der Waals surface area contributed by atoms with E-state index in [-0.39, 0.29) is 37.2 Å². The average molecular weight is 573 g/mol. The Hall–Kier alpha value is -4.15. The predicted octanol–water partition coefficient (Wildman–Crippen LogP) is 2.85. The fourth-order valence-corrected chi connectivity index (χ4v) is 6.14. The summed E-state index contributed by atoms with van der Waals surface area (Å²) >= 11 is 0. The molecule has 0 bridgehead atoms. The van der Waals surface area contributed by atoms with Crippen molar-refractivity contribution in [3.63, 3.8) is 0 Å². The molecular weight excluding hydrogens is 539 g/mol. The molecule has 3 fully saturated rings. The number of ether oxygens (including phenoxy) is 1. The van der Waals surface area contributed by atoms with E-state index >= 15 is 0 Å². The molecule has 1 unspecified atom stereocenters. The van der Waals surface area contributed by atoms with Crippen molar-refractivity contribution in [2.45, 2.75) is 31.5 Å². The molecule has 0 radical (unpaired) electrons. The van der Waals surface area contributed by atoms with Crippen molar-refractivity contribution in [1.82, 2.24) is 20.5 Å². The Kier molecular flexibility index (Phi) is 7.74. The minimum absolute atomic E-state index is 0.00623. The molecule has 3 aromatic rings. The molecule has 2 aromatic carbocycles. The summed E-state index contributed by atoms with van der Waals surface area (Å²) in [5.74, 6) is -0.0629. The number of halogens is 1. The monoisotopic (exact) mass is 572 g/mol. The van der Waals surface area contributed by atoms with E-state index < -0.39 is 29.8 Å². The van der Waals surface area contributed by atoms with E-state index in [1.54, 1.807) is 6.07 Å².